The number of fused-ring (bicyclic) bond motifs is 1. The van der Waals surface area contributed by atoms with Crippen molar-refractivity contribution in [1.82, 2.24) is 15.2 Å². The van der Waals surface area contributed by atoms with Crippen molar-refractivity contribution in [2.45, 2.75) is 13.5 Å². The average molecular weight is 340 g/mol. The Morgan fingerprint density at radius 1 is 1.28 bits per heavy atom. The van der Waals surface area contributed by atoms with Crippen LogP contribution in [0.4, 0.5) is 5.82 Å². The number of carbonyl (C=O) groups is 1. The fourth-order valence-corrected chi connectivity index (χ4v) is 2.80. The van der Waals surface area contributed by atoms with E-state index in [0.29, 0.717) is 26.2 Å². The summed E-state index contributed by atoms with van der Waals surface area (Å²) in [6, 6.07) is 11.9. The number of carbonyl (C=O) groups excluding carboxylic acids is 1. The van der Waals surface area contributed by atoms with E-state index in [0.717, 1.165) is 35.8 Å². The van der Waals surface area contributed by atoms with Crippen LogP contribution in [0.5, 0.6) is 5.75 Å². The van der Waals surface area contributed by atoms with E-state index in [1.807, 2.05) is 43.3 Å². The molecule has 25 heavy (non-hydrogen) atoms. The molecule has 1 aliphatic heterocycles. The van der Waals surface area contributed by atoms with E-state index in [1.165, 1.54) is 0 Å². The van der Waals surface area contributed by atoms with Gasteiger partial charge in [-0.1, -0.05) is 18.2 Å². The average Bonchev–Trinajstić information content (AvgIpc) is 2.80. The standard InChI is InChI=1S/C19H24N4O2/c1-15-6-7-20-18(12-15)21-8-9-22-19(24)14-23-10-11-25-17-5-3-2-4-16(17)13-23/h2-7,12H,8-11,13-14H2,1H3,(H,20,21)(H,22,24). The molecule has 6 nitrogen and oxygen atoms in total. The molecule has 0 bridgehead atoms. The smallest absolute Gasteiger partial charge is 0.234 e. The molecular formula is C19H24N4O2. The van der Waals surface area contributed by atoms with E-state index in [1.54, 1.807) is 6.20 Å². The van der Waals surface area contributed by atoms with Gasteiger partial charge in [-0.15, -0.1) is 0 Å². The molecule has 3 rings (SSSR count). The van der Waals surface area contributed by atoms with Crippen LogP contribution >= 0.6 is 0 Å². The summed E-state index contributed by atoms with van der Waals surface area (Å²) in [5, 5.41) is 6.16. The highest BCUT2D eigenvalue weighted by molar-refractivity contribution is 5.78. The van der Waals surface area contributed by atoms with Gasteiger partial charge in [0.25, 0.3) is 0 Å². The lowest BCUT2D eigenvalue weighted by molar-refractivity contribution is -0.122. The molecule has 1 aliphatic rings. The van der Waals surface area contributed by atoms with Crippen LogP contribution in [-0.2, 0) is 11.3 Å². The van der Waals surface area contributed by atoms with E-state index >= 15 is 0 Å². The van der Waals surface area contributed by atoms with Crippen LogP contribution in [0.1, 0.15) is 11.1 Å². The minimum absolute atomic E-state index is 0.0263. The van der Waals surface area contributed by atoms with E-state index in [9.17, 15) is 4.79 Å². The third-order valence-electron chi connectivity index (χ3n) is 4.07. The van der Waals surface area contributed by atoms with Gasteiger partial charge in [-0.25, -0.2) is 4.98 Å². The number of ether oxygens (including phenoxy) is 1. The molecule has 1 amide bonds. The summed E-state index contributed by atoms with van der Waals surface area (Å²) in [5.41, 5.74) is 2.28. The van der Waals surface area contributed by atoms with Crippen molar-refractivity contribution in [2.75, 3.05) is 38.1 Å². The first-order chi connectivity index (χ1) is 12.2. The maximum absolute atomic E-state index is 12.2. The molecule has 6 heteroatoms. The number of hydrogen-bond donors (Lipinski definition) is 2. The van der Waals surface area contributed by atoms with Gasteiger partial charge in [0.1, 0.15) is 18.2 Å². The normalized spacial score (nSPS) is 14.1. The molecule has 1 aromatic carbocycles. The first-order valence-electron chi connectivity index (χ1n) is 8.57. The van der Waals surface area contributed by atoms with Crippen LogP contribution in [0.3, 0.4) is 0 Å². The Hall–Kier alpha value is -2.60. The molecule has 0 spiro atoms. The Kier molecular flexibility index (Phi) is 5.85. The summed E-state index contributed by atoms with van der Waals surface area (Å²) in [7, 11) is 0. The largest absolute Gasteiger partial charge is 0.492 e. The second kappa shape index (κ2) is 8.48. The molecular weight excluding hydrogens is 316 g/mol. The number of amides is 1. The molecule has 0 radical (unpaired) electrons. The van der Waals surface area contributed by atoms with Gasteiger partial charge in [-0.05, 0) is 30.7 Å². The van der Waals surface area contributed by atoms with Crippen molar-refractivity contribution < 1.29 is 9.53 Å². The van der Waals surface area contributed by atoms with Gasteiger partial charge < -0.3 is 15.4 Å². The molecule has 0 saturated heterocycles. The maximum Gasteiger partial charge on any atom is 0.234 e. The number of hydrogen-bond acceptors (Lipinski definition) is 5. The van der Waals surface area contributed by atoms with E-state index in [4.69, 9.17) is 4.74 Å². The minimum Gasteiger partial charge on any atom is -0.492 e. The number of aromatic nitrogens is 1. The summed E-state index contributed by atoms with van der Waals surface area (Å²) in [6.45, 7) is 5.69. The number of benzene rings is 1. The van der Waals surface area contributed by atoms with Gasteiger partial charge in [0, 0.05) is 37.9 Å². The Labute approximate surface area is 148 Å². The summed E-state index contributed by atoms with van der Waals surface area (Å²) in [6.07, 6.45) is 1.77. The third-order valence-corrected chi connectivity index (χ3v) is 4.07. The number of rotatable bonds is 6. The minimum atomic E-state index is 0.0263. The lowest BCUT2D eigenvalue weighted by Crippen LogP contribution is -2.39. The number of anilines is 1. The number of aryl methyl sites for hydroxylation is 1. The predicted octanol–water partition coefficient (Wildman–Crippen LogP) is 1.81. The number of pyridine rings is 1. The predicted molar refractivity (Wildman–Crippen MR) is 97.7 cm³/mol. The Balaban J connectivity index is 1.40. The Morgan fingerprint density at radius 3 is 3.04 bits per heavy atom. The molecule has 1 aromatic heterocycles. The lowest BCUT2D eigenvalue weighted by atomic mass is 10.2. The molecule has 0 atom stereocenters. The van der Waals surface area contributed by atoms with Crippen molar-refractivity contribution in [2.24, 2.45) is 0 Å². The van der Waals surface area contributed by atoms with Crippen LogP contribution in [0.2, 0.25) is 0 Å². The monoisotopic (exact) mass is 340 g/mol. The van der Waals surface area contributed by atoms with Crippen molar-refractivity contribution in [1.29, 1.82) is 0 Å². The Morgan fingerprint density at radius 2 is 2.16 bits per heavy atom. The van der Waals surface area contributed by atoms with Gasteiger partial charge in [0.2, 0.25) is 5.91 Å². The molecule has 132 valence electrons. The maximum atomic E-state index is 12.2. The van der Waals surface area contributed by atoms with Gasteiger partial charge in [0.15, 0.2) is 0 Å². The van der Waals surface area contributed by atoms with Crippen LogP contribution in [0.25, 0.3) is 0 Å². The third kappa shape index (κ3) is 5.19. The van der Waals surface area contributed by atoms with Crippen molar-refractivity contribution in [3.63, 3.8) is 0 Å². The highest BCUT2D eigenvalue weighted by atomic mass is 16.5. The molecule has 0 aliphatic carbocycles. The second-order valence-corrected chi connectivity index (χ2v) is 6.16. The fraction of sp³-hybridized carbons (Fsp3) is 0.368. The van der Waals surface area contributed by atoms with Crippen molar-refractivity contribution in [3.05, 3.63) is 53.7 Å². The quantitative estimate of drug-likeness (QED) is 0.785. The summed E-state index contributed by atoms with van der Waals surface area (Å²) in [4.78, 5) is 18.5. The molecule has 2 heterocycles. The first-order valence-corrected chi connectivity index (χ1v) is 8.57. The van der Waals surface area contributed by atoms with Gasteiger partial charge in [0.05, 0.1) is 6.54 Å². The summed E-state index contributed by atoms with van der Waals surface area (Å²) >= 11 is 0. The Bertz CT molecular complexity index is 720. The number of para-hydroxylation sites is 1. The lowest BCUT2D eigenvalue weighted by Gasteiger charge is -2.18. The molecule has 2 N–H and O–H groups in total. The van der Waals surface area contributed by atoms with E-state index < -0.39 is 0 Å². The number of nitrogens with zero attached hydrogens (tertiary/aromatic N) is 2. The van der Waals surface area contributed by atoms with Crippen molar-refractivity contribution >= 4 is 11.7 Å². The molecule has 2 aromatic rings. The van der Waals surface area contributed by atoms with Crippen LogP contribution in [0.15, 0.2) is 42.6 Å². The SMILES string of the molecule is Cc1ccnc(NCCNC(=O)CN2CCOc3ccccc3C2)c1. The highest BCUT2D eigenvalue weighted by Gasteiger charge is 2.16. The zero-order chi connectivity index (χ0) is 17.5. The molecule has 0 unspecified atom stereocenters. The van der Waals surface area contributed by atoms with Crippen LogP contribution in [0, 0.1) is 6.92 Å². The van der Waals surface area contributed by atoms with Crippen molar-refractivity contribution in [3.8, 4) is 5.75 Å². The summed E-state index contributed by atoms with van der Waals surface area (Å²) in [5.74, 6) is 1.77. The fourth-order valence-electron chi connectivity index (χ4n) is 2.80. The zero-order valence-electron chi connectivity index (χ0n) is 14.5. The van der Waals surface area contributed by atoms with Crippen LogP contribution in [-0.4, -0.2) is 48.6 Å². The molecule has 0 saturated carbocycles. The topological polar surface area (TPSA) is 66.5 Å². The van der Waals surface area contributed by atoms with Gasteiger partial charge in [-0.2, -0.15) is 0 Å². The van der Waals surface area contributed by atoms with E-state index in [2.05, 4.69) is 20.5 Å². The molecule has 0 fully saturated rings. The van der Waals surface area contributed by atoms with Crippen LogP contribution < -0.4 is 15.4 Å². The second-order valence-electron chi connectivity index (χ2n) is 6.16. The zero-order valence-corrected chi connectivity index (χ0v) is 14.5. The number of nitrogens with one attached hydrogen (secondary N) is 2. The summed E-state index contributed by atoms with van der Waals surface area (Å²) < 4.78 is 5.73. The van der Waals surface area contributed by atoms with Gasteiger partial charge in [-0.3, -0.25) is 9.69 Å². The first kappa shape index (κ1) is 17.2. The van der Waals surface area contributed by atoms with Gasteiger partial charge >= 0.3 is 0 Å². The highest BCUT2D eigenvalue weighted by Crippen LogP contribution is 2.22. The van der Waals surface area contributed by atoms with E-state index in [-0.39, 0.29) is 5.91 Å².